The van der Waals surface area contributed by atoms with Crippen LogP contribution in [0.15, 0.2) is 18.2 Å². The zero-order chi connectivity index (χ0) is 12.0. The second-order valence-electron chi connectivity index (χ2n) is 2.89. The van der Waals surface area contributed by atoms with Crippen LogP contribution in [0.4, 0.5) is 5.69 Å². The van der Waals surface area contributed by atoms with Gasteiger partial charge in [-0.1, -0.05) is 0 Å². The summed E-state index contributed by atoms with van der Waals surface area (Å²) in [5, 5.41) is 10.7. The van der Waals surface area contributed by atoms with Crippen LogP contribution in [0.3, 0.4) is 0 Å². The van der Waals surface area contributed by atoms with Gasteiger partial charge in [0.25, 0.3) is 0 Å². The monoisotopic (exact) mass is 221 g/mol. The number of terminal acetylenes is 1. The minimum atomic E-state index is -0.509. The van der Waals surface area contributed by atoms with E-state index in [1.165, 1.54) is 25.3 Å². The van der Waals surface area contributed by atoms with Crippen molar-refractivity contribution in [2.75, 3.05) is 13.7 Å². The lowest BCUT2D eigenvalue weighted by molar-refractivity contribution is -0.385. The third-order valence-corrected chi connectivity index (χ3v) is 1.87. The first-order valence-electron chi connectivity index (χ1n) is 4.57. The molecule has 5 heteroatoms. The maximum Gasteiger partial charge on any atom is 0.311 e. The van der Waals surface area contributed by atoms with Crippen LogP contribution in [0.25, 0.3) is 0 Å². The quantitative estimate of drug-likeness (QED) is 0.330. The molecule has 0 unspecified atom stereocenters. The number of benzene rings is 1. The van der Waals surface area contributed by atoms with Crippen molar-refractivity contribution in [1.82, 2.24) is 0 Å². The van der Waals surface area contributed by atoms with Crippen LogP contribution in [0.1, 0.15) is 6.42 Å². The second-order valence-corrected chi connectivity index (χ2v) is 2.89. The number of methoxy groups -OCH3 is 1. The van der Waals surface area contributed by atoms with E-state index in [-0.39, 0.29) is 18.0 Å². The smallest absolute Gasteiger partial charge is 0.311 e. The van der Waals surface area contributed by atoms with Gasteiger partial charge in [0, 0.05) is 18.6 Å². The van der Waals surface area contributed by atoms with E-state index in [2.05, 4.69) is 5.92 Å². The molecule has 0 saturated carbocycles. The van der Waals surface area contributed by atoms with Gasteiger partial charge in [-0.3, -0.25) is 10.1 Å². The zero-order valence-electron chi connectivity index (χ0n) is 8.80. The summed E-state index contributed by atoms with van der Waals surface area (Å²) in [4.78, 5) is 10.2. The minimum Gasteiger partial charge on any atom is -0.497 e. The molecule has 1 rings (SSSR count). The molecular weight excluding hydrogens is 210 g/mol. The molecule has 0 heterocycles. The number of nitro benzene ring substituents is 1. The van der Waals surface area contributed by atoms with E-state index < -0.39 is 4.92 Å². The number of nitrogens with zero attached hydrogens (tertiary/aromatic N) is 1. The third kappa shape index (κ3) is 2.89. The number of hydrogen-bond donors (Lipinski definition) is 0. The minimum absolute atomic E-state index is 0.0992. The first-order valence-corrected chi connectivity index (χ1v) is 4.57. The van der Waals surface area contributed by atoms with E-state index in [4.69, 9.17) is 15.9 Å². The maximum atomic E-state index is 10.7. The number of rotatable bonds is 5. The van der Waals surface area contributed by atoms with Crippen molar-refractivity contribution in [2.24, 2.45) is 0 Å². The molecule has 0 aliphatic rings. The van der Waals surface area contributed by atoms with Gasteiger partial charge in [-0.25, -0.2) is 0 Å². The fourth-order valence-electron chi connectivity index (χ4n) is 1.11. The summed E-state index contributed by atoms with van der Waals surface area (Å²) in [5.74, 6) is 3.06. The predicted molar refractivity (Wildman–Crippen MR) is 58.6 cm³/mol. The molecule has 0 atom stereocenters. The van der Waals surface area contributed by atoms with Crippen LogP contribution < -0.4 is 9.47 Å². The molecule has 0 aliphatic heterocycles. The van der Waals surface area contributed by atoms with Crippen molar-refractivity contribution in [3.63, 3.8) is 0 Å². The van der Waals surface area contributed by atoms with Crippen LogP contribution in [0.5, 0.6) is 11.5 Å². The largest absolute Gasteiger partial charge is 0.497 e. The molecule has 0 bridgehead atoms. The first-order chi connectivity index (χ1) is 7.69. The molecule has 5 nitrogen and oxygen atoms in total. The SMILES string of the molecule is C#CCCOc1cc(OC)ccc1[N+](=O)[O-]. The Labute approximate surface area is 93.1 Å². The van der Waals surface area contributed by atoms with Gasteiger partial charge in [0.15, 0.2) is 0 Å². The Morgan fingerprint density at radius 1 is 1.56 bits per heavy atom. The van der Waals surface area contributed by atoms with Gasteiger partial charge in [0.05, 0.1) is 18.6 Å². The molecule has 0 aromatic heterocycles. The molecule has 16 heavy (non-hydrogen) atoms. The summed E-state index contributed by atoms with van der Waals surface area (Å²) < 4.78 is 10.2. The standard InChI is InChI=1S/C11H11NO4/c1-3-4-7-16-11-8-9(15-2)5-6-10(11)12(13)14/h1,5-6,8H,4,7H2,2H3. The van der Waals surface area contributed by atoms with Gasteiger partial charge in [0.2, 0.25) is 5.75 Å². The Kier molecular flexibility index (Phi) is 4.16. The lowest BCUT2D eigenvalue weighted by Crippen LogP contribution is -2.00. The van der Waals surface area contributed by atoms with Crippen LogP contribution in [0.2, 0.25) is 0 Å². The summed E-state index contributed by atoms with van der Waals surface area (Å²) in [6, 6.07) is 4.31. The molecule has 0 fully saturated rings. The maximum absolute atomic E-state index is 10.7. The van der Waals surface area contributed by atoms with Gasteiger partial charge >= 0.3 is 5.69 Å². The van der Waals surface area contributed by atoms with Gasteiger partial charge in [-0.15, -0.1) is 12.3 Å². The second kappa shape index (κ2) is 5.61. The molecule has 1 aromatic rings. The molecule has 0 saturated heterocycles. The molecule has 0 radical (unpaired) electrons. The lowest BCUT2D eigenvalue weighted by Gasteiger charge is -2.06. The van der Waals surface area contributed by atoms with Gasteiger partial charge < -0.3 is 9.47 Å². The Balaban J connectivity index is 2.92. The van der Waals surface area contributed by atoms with Crippen molar-refractivity contribution >= 4 is 5.69 Å². The summed E-state index contributed by atoms with van der Waals surface area (Å²) in [6.07, 6.45) is 5.46. The highest BCUT2D eigenvalue weighted by molar-refractivity contribution is 5.50. The zero-order valence-corrected chi connectivity index (χ0v) is 8.80. The van der Waals surface area contributed by atoms with E-state index in [9.17, 15) is 10.1 Å². The Hall–Kier alpha value is -2.22. The molecule has 0 N–H and O–H groups in total. The van der Waals surface area contributed by atoms with Crippen molar-refractivity contribution in [3.8, 4) is 23.8 Å². The fraction of sp³-hybridized carbons (Fsp3) is 0.273. The average Bonchev–Trinajstić information content (AvgIpc) is 2.29. The van der Waals surface area contributed by atoms with Crippen molar-refractivity contribution in [2.45, 2.75) is 6.42 Å². The van der Waals surface area contributed by atoms with E-state index in [1.807, 2.05) is 0 Å². The van der Waals surface area contributed by atoms with E-state index >= 15 is 0 Å². The van der Waals surface area contributed by atoms with E-state index in [1.54, 1.807) is 0 Å². The highest BCUT2D eigenvalue weighted by Crippen LogP contribution is 2.30. The number of nitro groups is 1. The summed E-state index contributed by atoms with van der Waals surface area (Å²) >= 11 is 0. The Bertz CT molecular complexity index is 422. The van der Waals surface area contributed by atoms with Gasteiger partial charge in [0.1, 0.15) is 5.75 Å². The summed E-state index contributed by atoms with van der Waals surface area (Å²) in [6.45, 7) is 0.241. The van der Waals surface area contributed by atoms with Crippen LogP contribution in [-0.4, -0.2) is 18.6 Å². The van der Waals surface area contributed by atoms with Crippen LogP contribution >= 0.6 is 0 Å². The first kappa shape index (κ1) is 11.9. The highest BCUT2D eigenvalue weighted by Gasteiger charge is 2.15. The topological polar surface area (TPSA) is 61.6 Å². The number of hydrogen-bond acceptors (Lipinski definition) is 4. The van der Waals surface area contributed by atoms with Crippen molar-refractivity contribution < 1.29 is 14.4 Å². The molecular formula is C11H11NO4. The normalized spacial score (nSPS) is 9.25. The van der Waals surface area contributed by atoms with Crippen LogP contribution in [0, 0.1) is 22.5 Å². The van der Waals surface area contributed by atoms with Gasteiger partial charge in [-0.2, -0.15) is 0 Å². The fourth-order valence-corrected chi connectivity index (χ4v) is 1.11. The van der Waals surface area contributed by atoms with E-state index in [0.29, 0.717) is 12.2 Å². The average molecular weight is 221 g/mol. The molecule has 0 aliphatic carbocycles. The Morgan fingerprint density at radius 2 is 2.31 bits per heavy atom. The van der Waals surface area contributed by atoms with Crippen LogP contribution in [-0.2, 0) is 0 Å². The summed E-state index contributed by atoms with van der Waals surface area (Å²) in [5.41, 5.74) is -0.0992. The van der Waals surface area contributed by atoms with Crippen molar-refractivity contribution in [3.05, 3.63) is 28.3 Å². The van der Waals surface area contributed by atoms with E-state index in [0.717, 1.165) is 0 Å². The lowest BCUT2D eigenvalue weighted by atomic mass is 10.3. The predicted octanol–water partition coefficient (Wildman–Crippen LogP) is 2.01. The molecule has 0 spiro atoms. The molecule has 0 amide bonds. The Morgan fingerprint density at radius 3 is 2.88 bits per heavy atom. The summed E-state index contributed by atoms with van der Waals surface area (Å²) in [7, 11) is 1.48. The van der Waals surface area contributed by atoms with Crippen molar-refractivity contribution in [1.29, 1.82) is 0 Å². The molecule has 1 aromatic carbocycles. The highest BCUT2D eigenvalue weighted by atomic mass is 16.6. The number of ether oxygens (including phenoxy) is 2. The van der Waals surface area contributed by atoms with Gasteiger partial charge in [-0.05, 0) is 6.07 Å². The molecule has 84 valence electrons. The third-order valence-electron chi connectivity index (χ3n) is 1.87.